The second-order valence-corrected chi connectivity index (χ2v) is 5.37. The van der Waals surface area contributed by atoms with Crippen molar-refractivity contribution in [2.24, 2.45) is 0 Å². The number of urea groups is 1. The molecule has 0 bridgehead atoms. The highest BCUT2D eigenvalue weighted by Gasteiger charge is 2.75. The molecule has 0 fully saturated rings. The SMILES string of the molecule is O=C(Nc1cccnc1Cl)NC(Oc1ccccc1)(C(F)(F)F)C(F)(F)F. The first-order chi connectivity index (χ1) is 12.5. The average Bonchev–Trinajstić information content (AvgIpc) is 2.55. The first-order valence-corrected chi connectivity index (χ1v) is 7.41. The molecule has 0 aliphatic carbocycles. The number of alkyl halides is 6. The fourth-order valence-electron chi connectivity index (χ4n) is 1.90. The number of nitrogens with one attached hydrogen (secondary N) is 2. The number of pyridine rings is 1. The normalized spacial score (nSPS) is 12.4. The fraction of sp³-hybridized carbons (Fsp3) is 0.200. The Kier molecular flexibility index (Phi) is 5.73. The zero-order valence-electron chi connectivity index (χ0n) is 13.0. The zero-order chi connectivity index (χ0) is 20.3. The summed E-state index contributed by atoms with van der Waals surface area (Å²) in [6.45, 7) is 0. The highest BCUT2D eigenvalue weighted by Crippen LogP contribution is 2.44. The lowest BCUT2D eigenvalue weighted by Crippen LogP contribution is -2.71. The van der Waals surface area contributed by atoms with E-state index in [1.807, 2.05) is 0 Å². The van der Waals surface area contributed by atoms with E-state index in [2.05, 4.69) is 9.72 Å². The van der Waals surface area contributed by atoms with E-state index in [-0.39, 0.29) is 10.8 Å². The van der Waals surface area contributed by atoms with E-state index >= 15 is 0 Å². The number of nitrogens with zero attached hydrogens (tertiary/aromatic N) is 1. The van der Waals surface area contributed by atoms with Gasteiger partial charge in [0.2, 0.25) is 0 Å². The number of para-hydroxylation sites is 1. The van der Waals surface area contributed by atoms with Crippen LogP contribution in [-0.2, 0) is 0 Å². The van der Waals surface area contributed by atoms with Gasteiger partial charge < -0.3 is 10.1 Å². The number of amides is 2. The molecule has 2 aromatic rings. The van der Waals surface area contributed by atoms with Crippen LogP contribution in [0.5, 0.6) is 5.75 Å². The number of carbonyl (C=O) groups excluding carboxylic acids is 1. The molecule has 0 atom stereocenters. The van der Waals surface area contributed by atoms with Gasteiger partial charge in [-0.15, -0.1) is 0 Å². The van der Waals surface area contributed by atoms with E-state index in [1.165, 1.54) is 30.5 Å². The predicted octanol–water partition coefficient (Wildman–Crippen LogP) is 4.76. The number of aromatic nitrogens is 1. The van der Waals surface area contributed by atoms with Gasteiger partial charge >= 0.3 is 24.1 Å². The van der Waals surface area contributed by atoms with Gasteiger partial charge in [0.25, 0.3) is 0 Å². The summed E-state index contributed by atoms with van der Waals surface area (Å²) >= 11 is 5.62. The molecule has 0 aliphatic rings. The number of carbonyl (C=O) groups is 1. The van der Waals surface area contributed by atoms with Crippen LogP contribution < -0.4 is 15.4 Å². The van der Waals surface area contributed by atoms with Crippen LogP contribution in [0.15, 0.2) is 48.7 Å². The van der Waals surface area contributed by atoms with Crippen molar-refractivity contribution in [3.63, 3.8) is 0 Å². The van der Waals surface area contributed by atoms with Crippen molar-refractivity contribution >= 4 is 23.3 Å². The molecule has 0 radical (unpaired) electrons. The van der Waals surface area contributed by atoms with Gasteiger partial charge in [0.15, 0.2) is 5.15 Å². The Balaban J connectivity index is 2.39. The first kappa shape index (κ1) is 20.6. The molecule has 1 aromatic heterocycles. The Labute approximate surface area is 153 Å². The number of hydrogen-bond donors (Lipinski definition) is 2. The van der Waals surface area contributed by atoms with Gasteiger partial charge in [0, 0.05) is 6.20 Å². The molecule has 1 aromatic carbocycles. The maximum absolute atomic E-state index is 13.4. The van der Waals surface area contributed by atoms with Gasteiger partial charge in [-0.1, -0.05) is 29.8 Å². The molecule has 0 unspecified atom stereocenters. The van der Waals surface area contributed by atoms with E-state index in [9.17, 15) is 31.1 Å². The van der Waals surface area contributed by atoms with Gasteiger partial charge in [0.1, 0.15) is 5.75 Å². The molecule has 2 N–H and O–H groups in total. The number of halogens is 7. The van der Waals surface area contributed by atoms with Gasteiger partial charge in [0.05, 0.1) is 5.69 Å². The molecule has 146 valence electrons. The van der Waals surface area contributed by atoms with Crippen LogP contribution in [-0.4, -0.2) is 29.1 Å². The minimum atomic E-state index is -6.04. The minimum absolute atomic E-state index is 0.297. The molecular formula is C15H10ClF6N3O2. The van der Waals surface area contributed by atoms with Gasteiger partial charge in [-0.25, -0.2) is 9.78 Å². The molecular weight excluding hydrogens is 404 g/mol. The molecule has 0 aliphatic heterocycles. The molecule has 5 nitrogen and oxygen atoms in total. The van der Waals surface area contributed by atoms with Crippen LogP contribution in [0.2, 0.25) is 5.15 Å². The molecule has 2 amide bonds. The van der Waals surface area contributed by atoms with Crippen LogP contribution in [0.3, 0.4) is 0 Å². The van der Waals surface area contributed by atoms with Crippen molar-refractivity contribution in [3.05, 3.63) is 53.8 Å². The molecule has 0 spiro atoms. The van der Waals surface area contributed by atoms with Crippen LogP contribution >= 0.6 is 11.6 Å². The lowest BCUT2D eigenvalue weighted by atomic mass is 10.2. The third kappa shape index (κ3) is 4.54. The van der Waals surface area contributed by atoms with Crippen molar-refractivity contribution in [2.75, 3.05) is 5.32 Å². The quantitative estimate of drug-likeness (QED) is 0.432. The first-order valence-electron chi connectivity index (χ1n) is 7.03. The lowest BCUT2D eigenvalue weighted by Gasteiger charge is -2.37. The summed E-state index contributed by atoms with van der Waals surface area (Å²) < 4.78 is 84.7. The number of rotatable bonds is 4. The second kappa shape index (κ2) is 7.51. The molecule has 2 rings (SSSR count). The summed E-state index contributed by atoms with van der Waals surface area (Å²) in [6.07, 6.45) is -10.9. The molecule has 0 saturated heterocycles. The maximum atomic E-state index is 13.4. The Bertz CT molecular complexity index is 784. The Morgan fingerprint density at radius 2 is 1.56 bits per heavy atom. The summed E-state index contributed by atoms with van der Waals surface area (Å²) in [4.78, 5) is 15.4. The largest absolute Gasteiger partial charge is 0.458 e. The third-order valence-electron chi connectivity index (χ3n) is 3.11. The Morgan fingerprint density at radius 3 is 2.07 bits per heavy atom. The smallest absolute Gasteiger partial charge is 0.451 e. The van der Waals surface area contributed by atoms with Crippen molar-refractivity contribution in [2.45, 2.75) is 18.1 Å². The highest BCUT2D eigenvalue weighted by molar-refractivity contribution is 6.32. The van der Waals surface area contributed by atoms with E-state index < -0.39 is 29.9 Å². The lowest BCUT2D eigenvalue weighted by molar-refractivity contribution is -0.364. The van der Waals surface area contributed by atoms with Crippen LogP contribution in [0.1, 0.15) is 0 Å². The van der Waals surface area contributed by atoms with Gasteiger partial charge in [-0.05, 0) is 24.3 Å². The van der Waals surface area contributed by atoms with E-state index in [1.54, 1.807) is 5.32 Å². The predicted molar refractivity (Wildman–Crippen MR) is 83.3 cm³/mol. The van der Waals surface area contributed by atoms with Crippen molar-refractivity contribution < 1.29 is 35.9 Å². The van der Waals surface area contributed by atoms with Crippen molar-refractivity contribution in [1.82, 2.24) is 10.3 Å². The summed E-state index contributed by atoms with van der Waals surface area (Å²) in [5.41, 5.74) is -5.30. The maximum Gasteiger partial charge on any atom is 0.458 e. The summed E-state index contributed by atoms with van der Waals surface area (Å²) in [5, 5.41) is 2.26. The zero-order valence-corrected chi connectivity index (χ0v) is 13.8. The van der Waals surface area contributed by atoms with Crippen LogP contribution in [0.4, 0.5) is 36.8 Å². The fourth-order valence-corrected chi connectivity index (χ4v) is 2.07. The number of benzene rings is 1. The topological polar surface area (TPSA) is 63.2 Å². The van der Waals surface area contributed by atoms with Crippen molar-refractivity contribution in [1.29, 1.82) is 0 Å². The van der Waals surface area contributed by atoms with E-state index in [4.69, 9.17) is 11.6 Å². The van der Waals surface area contributed by atoms with E-state index in [0.717, 1.165) is 23.5 Å². The number of anilines is 1. The summed E-state index contributed by atoms with van der Waals surface area (Å²) in [6, 6.07) is 6.01. The standard InChI is InChI=1S/C15H10ClF6N3O2/c16-11-10(7-4-8-23-11)24-12(26)25-13(14(17,18)19,15(20,21)22)27-9-5-2-1-3-6-9/h1-8H,(H2,24,25,26). The van der Waals surface area contributed by atoms with E-state index in [0.29, 0.717) is 0 Å². The second-order valence-electron chi connectivity index (χ2n) is 5.01. The van der Waals surface area contributed by atoms with Gasteiger partial charge in [-0.3, -0.25) is 5.32 Å². The third-order valence-corrected chi connectivity index (χ3v) is 3.41. The van der Waals surface area contributed by atoms with Gasteiger partial charge in [-0.2, -0.15) is 26.3 Å². The van der Waals surface area contributed by atoms with Crippen LogP contribution in [0, 0.1) is 0 Å². The average molecular weight is 414 g/mol. The molecule has 12 heteroatoms. The monoisotopic (exact) mass is 413 g/mol. The summed E-state index contributed by atoms with van der Waals surface area (Å²) in [5.74, 6) is -0.758. The molecule has 0 saturated carbocycles. The Hall–Kier alpha value is -2.69. The number of hydrogen-bond acceptors (Lipinski definition) is 3. The minimum Gasteiger partial charge on any atom is -0.451 e. The van der Waals surface area contributed by atoms with Crippen molar-refractivity contribution in [3.8, 4) is 5.75 Å². The molecule has 27 heavy (non-hydrogen) atoms. The van der Waals surface area contributed by atoms with Crippen LogP contribution in [0.25, 0.3) is 0 Å². The number of ether oxygens (including phenoxy) is 1. The highest BCUT2D eigenvalue weighted by atomic mass is 35.5. The molecule has 1 heterocycles. The summed E-state index contributed by atoms with van der Waals surface area (Å²) in [7, 11) is 0. The Morgan fingerprint density at radius 1 is 0.963 bits per heavy atom.